The van der Waals surface area contributed by atoms with Crippen LogP contribution in [0.5, 0.6) is 0 Å². The van der Waals surface area contributed by atoms with Crippen LogP contribution in [0.15, 0.2) is 70.3 Å². The Bertz CT molecular complexity index is 1140. The van der Waals surface area contributed by atoms with Gasteiger partial charge >= 0.3 is 0 Å². The van der Waals surface area contributed by atoms with E-state index >= 15 is 0 Å². The Hall–Kier alpha value is -3.50. The predicted molar refractivity (Wildman–Crippen MR) is 144 cm³/mol. The fourth-order valence-corrected chi connectivity index (χ4v) is 3.10. The van der Waals surface area contributed by atoms with E-state index in [4.69, 9.17) is 14.6 Å². The van der Waals surface area contributed by atoms with Crippen molar-refractivity contribution in [2.24, 2.45) is 11.5 Å². The summed E-state index contributed by atoms with van der Waals surface area (Å²) in [6, 6.07) is 16.3. The SMILES string of the molecule is C.C#CC.CS(=O)(=O)c1ccccc1-c1ocnc1-c1ccccc1.NC(O)=S.NC(O)=S.O. The van der Waals surface area contributed by atoms with Crippen molar-refractivity contribution in [2.45, 2.75) is 19.2 Å². The molecule has 0 saturated carbocycles. The van der Waals surface area contributed by atoms with Crippen molar-refractivity contribution in [2.75, 3.05) is 6.26 Å². The van der Waals surface area contributed by atoms with E-state index in [1.54, 1.807) is 31.2 Å². The average molecular weight is 528 g/mol. The number of aromatic nitrogens is 1. The number of hydrogen-bond acceptors (Lipinski definition) is 6. The molecule has 1 aromatic heterocycles. The lowest BCUT2D eigenvalue weighted by atomic mass is 10.1. The van der Waals surface area contributed by atoms with E-state index in [-0.39, 0.29) is 17.8 Å². The molecule has 0 fully saturated rings. The summed E-state index contributed by atoms with van der Waals surface area (Å²) in [4.78, 5) is 4.46. The van der Waals surface area contributed by atoms with Crippen LogP contribution in [0.4, 0.5) is 0 Å². The lowest BCUT2D eigenvalue weighted by molar-refractivity contribution is 0.559. The molecule has 0 radical (unpaired) electrons. The molecule has 1 heterocycles. The maximum atomic E-state index is 11.9. The molecule has 0 spiro atoms. The third kappa shape index (κ3) is 13.8. The number of benzene rings is 2. The second-order valence-corrected chi connectivity index (χ2v) is 8.45. The maximum absolute atomic E-state index is 11.9. The number of aliphatic hydroxyl groups excluding tert-OH is 2. The molecule has 12 heteroatoms. The Morgan fingerprint density at radius 3 is 1.88 bits per heavy atom. The maximum Gasteiger partial charge on any atom is 0.251 e. The van der Waals surface area contributed by atoms with Gasteiger partial charge in [0.05, 0.1) is 4.90 Å². The van der Waals surface area contributed by atoms with Crippen molar-refractivity contribution in [3.8, 4) is 34.9 Å². The van der Waals surface area contributed by atoms with Crippen molar-refractivity contribution >= 4 is 44.6 Å². The largest absolute Gasteiger partial charge is 0.487 e. The van der Waals surface area contributed by atoms with Gasteiger partial charge in [-0.2, -0.15) is 0 Å². The Labute approximate surface area is 210 Å². The Morgan fingerprint density at radius 1 is 1.03 bits per heavy atom. The van der Waals surface area contributed by atoms with Crippen LogP contribution in [0.25, 0.3) is 22.6 Å². The first-order valence-corrected chi connectivity index (χ1v) is 11.3. The van der Waals surface area contributed by atoms with Gasteiger partial charge in [-0.1, -0.05) is 49.9 Å². The van der Waals surface area contributed by atoms with Gasteiger partial charge in [-0.15, -0.1) is 12.3 Å². The highest BCUT2D eigenvalue weighted by Crippen LogP contribution is 2.34. The van der Waals surface area contributed by atoms with Crippen molar-refractivity contribution in [3.05, 3.63) is 61.0 Å². The van der Waals surface area contributed by atoms with Crippen LogP contribution in [-0.4, -0.2) is 45.7 Å². The molecule has 0 atom stereocenters. The van der Waals surface area contributed by atoms with Crippen molar-refractivity contribution < 1.29 is 28.5 Å². The topological polar surface area (TPSA) is 184 Å². The summed E-state index contributed by atoms with van der Waals surface area (Å²) in [6.45, 7) is 1.65. The second kappa shape index (κ2) is 18.0. The summed E-state index contributed by atoms with van der Waals surface area (Å²) in [5.74, 6) is 2.71. The Kier molecular flexibility index (Phi) is 18.6. The standard InChI is InChI=1S/C16H13NO3S.C3H4.2CH3NOS.CH4.H2O/c1-21(18,19)14-10-6-5-9-13(14)16-15(17-11-20-16)12-7-3-2-4-8-12;1-3-2;2*2-1(3)4;;/h2-11H,1H3;1H,2H3;2*(H3,2,3,4);1H4;1H2. The summed E-state index contributed by atoms with van der Waals surface area (Å²) in [7, 11) is -3.35. The summed E-state index contributed by atoms with van der Waals surface area (Å²) >= 11 is 7.74. The number of aliphatic hydroxyl groups is 2. The monoisotopic (exact) mass is 527 g/mol. The van der Waals surface area contributed by atoms with Crippen molar-refractivity contribution in [3.63, 3.8) is 0 Å². The average Bonchev–Trinajstić information content (AvgIpc) is 3.17. The quantitative estimate of drug-likeness (QED) is 0.290. The predicted octanol–water partition coefficient (Wildman–Crippen LogP) is 3.44. The molecule has 8 N–H and O–H groups in total. The minimum atomic E-state index is -3.35. The molecule has 0 unspecified atom stereocenters. The van der Waals surface area contributed by atoms with Gasteiger partial charge in [0.1, 0.15) is 5.69 Å². The van der Waals surface area contributed by atoms with Gasteiger partial charge < -0.3 is 31.6 Å². The van der Waals surface area contributed by atoms with Crippen LogP contribution in [0.1, 0.15) is 14.4 Å². The molecule has 0 bridgehead atoms. The highest BCUT2D eigenvalue weighted by atomic mass is 32.2. The first kappa shape index (κ1) is 35.1. The van der Waals surface area contributed by atoms with E-state index in [0.717, 1.165) is 5.56 Å². The van der Waals surface area contributed by atoms with E-state index in [0.29, 0.717) is 17.0 Å². The van der Waals surface area contributed by atoms with Gasteiger partial charge in [0.2, 0.25) is 0 Å². The molecular formula is C22H29N3O6S3. The van der Waals surface area contributed by atoms with Gasteiger partial charge in [0, 0.05) is 17.4 Å². The van der Waals surface area contributed by atoms with E-state index in [2.05, 4.69) is 53.2 Å². The zero-order valence-electron chi connectivity index (χ0n) is 17.8. The van der Waals surface area contributed by atoms with E-state index in [1.807, 2.05) is 30.3 Å². The molecule has 186 valence electrons. The highest BCUT2D eigenvalue weighted by molar-refractivity contribution is 7.90. The van der Waals surface area contributed by atoms with Gasteiger partial charge in [0.25, 0.3) is 10.3 Å². The van der Waals surface area contributed by atoms with E-state index in [9.17, 15) is 8.42 Å². The van der Waals surface area contributed by atoms with Crippen LogP contribution < -0.4 is 11.5 Å². The number of sulfone groups is 1. The molecular weight excluding hydrogens is 498 g/mol. The number of terminal acetylenes is 1. The fraction of sp³-hybridized carbons (Fsp3) is 0.136. The summed E-state index contributed by atoms with van der Waals surface area (Å²) < 4.78 is 29.3. The summed E-state index contributed by atoms with van der Waals surface area (Å²) in [5.41, 5.74) is 10.8. The minimum absolute atomic E-state index is 0. The van der Waals surface area contributed by atoms with Crippen LogP contribution in [0.2, 0.25) is 0 Å². The van der Waals surface area contributed by atoms with Gasteiger partial charge in [-0.3, -0.25) is 0 Å². The number of rotatable bonds is 3. The third-order valence-electron chi connectivity index (χ3n) is 3.15. The zero-order valence-corrected chi connectivity index (χ0v) is 20.2. The van der Waals surface area contributed by atoms with Crippen LogP contribution in [-0.2, 0) is 9.84 Å². The number of nitrogens with two attached hydrogens (primary N) is 2. The number of hydrogen-bond donors (Lipinski definition) is 4. The summed E-state index contributed by atoms with van der Waals surface area (Å²) in [6.07, 6.45) is 7.11. The molecule has 0 aliphatic carbocycles. The van der Waals surface area contributed by atoms with E-state index in [1.165, 1.54) is 12.6 Å². The lowest BCUT2D eigenvalue weighted by Crippen LogP contribution is -2.03. The Balaban J connectivity index is -0.000000630. The van der Waals surface area contributed by atoms with Gasteiger partial charge in [-0.25, -0.2) is 13.4 Å². The Morgan fingerprint density at radius 2 is 1.44 bits per heavy atom. The number of thiocarbonyl (C=S) groups is 2. The van der Waals surface area contributed by atoms with Gasteiger partial charge in [0.15, 0.2) is 22.0 Å². The molecule has 9 nitrogen and oxygen atoms in total. The first-order valence-electron chi connectivity index (χ1n) is 8.58. The van der Waals surface area contributed by atoms with Crippen LogP contribution >= 0.6 is 24.4 Å². The van der Waals surface area contributed by atoms with Crippen LogP contribution in [0.3, 0.4) is 0 Å². The van der Waals surface area contributed by atoms with Gasteiger partial charge in [-0.05, 0) is 43.5 Å². The minimum Gasteiger partial charge on any atom is -0.487 e. The first-order chi connectivity index (χ1) is 14.9. The van der Waals surface area contributed by atoms with Crippen molar-refractivity contribution in [1.29, 1.82) is 0 Å². The number of oxazole rings is 1. The summed E-state index contributed by atoms with van der Waals surface area (Å²) in [5, 5.41) is 14.1. The third-order valence-corrected chi connectivity index (χ3v) is 4.30. The normalized spacial score (nSPS) is 8.74. The molecule has 2 aromatic carbocycles. The molecule has 0 aliphatic heterocycles. The molecule has 34 heavy (non-hydrogen) atoms. The van der Waals surface area contributed by atoms with E-state index < -0.39 is 20.2 Å². The molecule has 0 saturated heterocycles. The fourth-order valence-electron chi connectivity index (χ4n) is 2.22. The molecule has 0 amide bonds. The zero-order chi connectivity index (χ0) is 24.7. The lowest BCUT2D eigenvalue weighted by Gasteiger charge is -2.07. The van der Waals surface area contributed by atoms with Crippen LogP contribution in [0, 0.1) is 12.3 Å². The number of nitrogens with zero attached hydrogens (tertiary/aromatic N) is 1. The smallest absolute Gasteiger partial charge is 0.251 e. The molecule has 3 rings (SSSR count). The second-order valence-electron chi connectivity index (χ2n) is 5.63. The molecule has 3 aromatic rings. The highest BCUT2D eigenvalue weighted by Gasteiger charge is 2.20. The van der Waals surface area contributed by atoms with Crippen molar-refractivity contribution in [1.82, 2.24) is 4.98 Å². The molecule has 0 aliphatic rings.